The number of nitrogens with two attached hydrogens (primary N) is 1. The van der Waals surface area contributed by atoms with Crippen molar-refractivity contribution in [3.05, 3.63) is 28.8 Å². The monoisotopic (exact) mass is 277 g/mol. The number of likely N-dealkylation sites (N-methyl/N-ethyl adjacent to an activating group) is 1. The number of carbonyl (C=O) groups excluding carboxylic acids is 1. The average Bonchev–Trinajstić information content (AvgIpc) is 2.41. The van der Waals surface area contributed by atoms with Crippen LogP contribution >= 0.6 is 0 Å². The van der Waals surface area contributed by atoms with Gasteiger partial charge in [-0.2, -0.15) is 0 Å². The van der Waals surface area contributed by atoms with Crippen LogP contribution in [0.3, 0.4) is 0 Å². The number of anilines is 1. The normalized spacial score (nSPS) is 12.5. The van der Waals surface area contributed by atoms with Crippen LogP contribution in [-0.4, -0.2) is 37.0 Å². The maximum atomic E-state index is 12.2. The molecule has 4 nitrogen and oxygen atoms in total. The molecule has 0 saturated carbocycles. The molecule has 0 aliphatic heterocycles. The molecule has 0 radical (unpaired) electrons. The van der Waals surface area contributed by atoms with Crippen LogP contribution in [0.4, 0.5) is 5.69 Å². The van der Waals surface area contributed by atoms with Gasteiger partial charge in [0, 0.05) is 30.4 Å². The van der Waals surface area contributed by atoms with Gasteiger partial charge in [0.1, 0.15) is 0 Å². The topological polar surface area (TPSA) is 58.4 Å². The lowest BCUT2D eigenvalue weighted by Gasteiger charge is -2.23. The molecule has 1 unspecified atom stereocenters. The van der Waals surface area contributed by atoms with Crippen molar-refractivity contribution >= 4 is 11.6 Å². The summed E-state index contributed by atoms with van der Waals surface area (Å²) in [4.78, 5) is 14.4. The van der Waals surface area contributed by atoms with Crippen molar-refractivity contribution in [2.75, 3.05) is 25.9 Å². The van der Waals surface area contributed by atoms with Gasteiger partial charge < -0.3 is 16.0 Å². The third-order valence-corrected chi connectivity index (χ3v) is 3.95. The highest BCUT2D eigenvalue weighted by Crippen LogP contribution is 2.17. The van der Waals surface area contributed by atoms with E-state index in [0.29, 0.717) is 23.8 Å². The number of carbonyl (C=O) groups is 1. The molecule has 0 aromatic heterocycles. The fourth-order valence-electron chi connectivity index (χ4n) is 2.09. The molecule has 1 rings (SSSR count). The van der Waals surface area contributed by atoms with Crippen LogP contribution in [0.5, 0.6) is 0 Å². The average molecular weight is 277 g/mol. The number of hydrogen-bond donors (Lipinski definition) is 2. The van der Waals surface area contributed by atoms with E-state index < -0.39 is 0 Å². The minimum atomic E-state index is -0.0493. The number of hydrogen-bond acceptors (Lipinski definition) is 3. The molecule has 4 heteroatoms. The summed E-state index contributed by atoms with van der Waals surface area (Å²) in [6.45, 7) is 9.73. The number of nitrogen functional groups attached to an aromatic ring is 1. The van der Waals surface area contributed by atoms with Gasteiger partial charge in [-0.3, -0.25) is 4.79 Å². The maximum Gasteiger partial charge on any atom is 0.251 e. The highest BCUT2D eigenvalue weighted by Gasteiger charge is 2.11. The molecule has 0 fully saturated rings. The largest absolute Gasteiger partial charge is 0.398 e. The van der Waals surface area contributed by atoms with Gasteiger partial charge in [-0.05, 0) is 51.4 Å². The first-order valence-electron chi connectivity index (χ1n) is 7.22. The Kier molecular flexibility index (Phi) is 6.02. The predicted molar refractivity (Wildman–Crippen MR) is 85.0 cm³/mol. The number of nitrogens with one attached hydrogen (secondary N) is 1. The highest BCUT2D eigenvalue weighted by atomic mass is 16.1. The lowest BCUT2D eigenvalue weighted by atomic mass is 10.0. The molecule has 112 valence electrons. The van der Waals surface area contributed by atoms with E-state index in [2.05, 4.69) is 31.1 Å². The molecule has 0 aliphatic rings. The summed E-state index contributed by atoms with van der Waals surface area (Å²) >= 11 is 0. The zero-order chi connectivity index (χ0) is 15.3. The molecule has 1 atom stereocenters. The first-order chi connectivity index (χ1) is 9.36. The minimum Gasteiger partial charge on any atom is -0.398 e. The van der Waals surface area contributed by atoms with Gasteiger partial charge in [-0.15, -0.1) is 0 Å². The molecule has 1 amide bonds. The summed E-state index contributed by atoms with van der Waals surface area (Å²) in [6, 6.07) is 4.25. The van der Waals surface area contributed by atoms with Crippen molar-refractivity contribution < 1.29 is 4.79 Å². The second kappa shape index (κ2) is 7.29. The Morgan fingerprint density at radius 2 is 2.00 bits per heavy atom. The van der Waals surface area contributed by atoms with E-state index in [4.69, 9.17) is 5.73 Å². The van der Waals surface area contributed by atoms with Crippen molar-refractivity contribution in [3.8, 4) is 0 Å². The third-order valence-electron chi connectivity index (χ3n) is 3.95. The van der Waals surface area contributed by atoms with Gasteiger partial charge in [0.2, 0.25) is 0 Å². The number of aryl methyl sites for hydroxylation is 2. The highest BCUT2D eigenvalue weighted by molar-refractivity contribution is 5.96. The van der Waals surface area contributed by atoms with Crippen LogP contribution < -0.4 is 11.1 Å². The Balaban J connectivity index is 2.58. The van der Waals surface area contributed by atoms with Crippen LogP contribution in [0.25, 0.3) is 0 Å². The molecule has 1 aromatic rings. The summed E-state index contributed by atoms with van der Waals surface area (Å²) in [5.74, 6) is -0.0493. The Hall–Kier alpha value is -1.55. The van der Waals surface area contributed by atoms with Crippen LogP contribution in [0.2, 0.25) is 0 Å². The van der Waals surface area contributed by atoms with Crippen LogP contribution in [0.1, 0.15) is 41.8 Å². The van der Waals surface area contributed by atoms with E-state index in [-0.39, 0.29) is 5.91 Å². The Morgan fingerprint density at radius 1 is 1.35 bits per heavy atom. The van der Waals surface area contributed by atoms with Crippen molar-refractivity contribution in [2.24, 2.45) is 0 Å². The summed E-state index contributed by atoms with van der Waals surface area (Å²) in [7, 11) is 2.08. The van der Waals surface area contributed by atoms with Gasteiger partial charge in [0.25, 0.3) is 5.91 Å². The van der Waals surface area contributed by atoms with E-state index in [1.165, 1.54) is 0 Å². The van der Waals surface area contributed by atoms with Crippen molar-refractivity contribution in [1.29, 1.82) is 0 Å². The molecule has 0 bridgehead atoms. The zero-order valence-corrected chi connectivity index (χ0v) is 13.3. The summed E-state index contributed by atoms with van der Waals surface area (Å²) in [5.41, 5.74) is 9.18. The fourth-order valence-corrected chi connectivity index (χ4v) is 2.09. The van der Waals surface area contributed by atoms with Gasteiger partial charge >= 0.3 is 0 Å². The predicted octanol–water partition coefficient (Wildman–Crippen LogP) is 2.35. The molecular formula is C16H27N3O. The first kappa shape index (κ1) is 16.5. The Bertz CT molecular complexity index is 471. The number of nitrogens with zero attached hydrogens (tertiary/aromatic N) is 1. The van der Waals surface area contributed by atoms with E-state index in [1.807, 2.05) is 19.9 Å². The fraction of sp³-hybridized carbons (Fsp3) is 0.562. The molecule has 0 aliphatic carbocycles. The molecule has 3 N–H and O–H groups in total. The van der Waals surface area contributed by atoms with Gasteiger partial charge in [0.15, 0.2) is 0 Å². The lowest BCUT2D eigenvalue weighted by Crippen LogP contribution is -2.37. The maximum absolute atomic E-state index is 12.2. The van der Waals surface area contributed by atoms with E-state index >= 15 is 0 Å². The molecule has 1 aromatic carbocycles. The second-order valence-electron chi connectivity index (χ2n) is 5.52. The molecule has 0 spiro atoms. The standard InChI is InChI=1S/C16H27N3O/c1-6-13(4)19(5)8-7-18-16(20)14-10-15(17)12(3)9-11(14)2/h9-10,13H,6-8,17H2,1-5H3,(H,18,20). The Morgan fingerprint density at radius 3 is 2.60 bits per heavy atom. The quantitative estimate of drug-likeness (QED) is 0.785. The van der Waals surface area contributed by atoms with Crippen LogP contribution in [0, 0.1) is 13.8 Å². The summed E-state index contributed by atoms with van der Waals surface area (Å²) < 4.78 is 0. The first-order valence-corrected chi connectivity index (χ1v) is 7.22. The SMILES string of the molecule is CCC(C)N(C)CCNC(=O)c1cc(N)c(C)cc1C. The third kappa shape index (κ3) is 4.23. The van der Waals surface area contributed by atoms with Crippen LogP contribution in [0.15, 0.2) is 12.1 Å². The van der Waals surface area contributed by atoms with Crippen molar-refractivity contribution in [2.45, 2.75) is 40.2 Å². The van der Waals surface area contributed by atoms with Gasteiger partial charge in [0.05, 0.1) is 0 Å². The minimum absolute atomic E-state index is 0.0493. The van der Waals surface area contributed by atoms with E-state index in [1.54, 1.807) is 6.07 Å². The zero-order valence-electron chi connectivity index (χ0n) is 13.3. The van der Waals surface area contributed by atoms with Crippen molar-refractivity contribution in [3.63, 3.8) is 0 Å². The molecular weight excluding hydrogens is 250 g/mol. The number of amides is 1. The van der Waals surface area contributed by atoms with Crippen molar-refractivity contribution in [1.82, 2.24) is 10.2 Å². The van der Waals surface area contributed by atoms with Gasteiger partial charge in [-0.25, -0.2) is 0 Å². The summed E-state index contributed by atoms with van der Waals surface area (Å²) in [6.07, 6.45) is 1.11. The van der Waals surface area contributed by atoms with Gasteiger partial charge in [-0.1, -0.05) is 13.0 Å². The Labute approximate surface area is 122 Å². The van der Waals surface area contributed by atoms with E-state index in [9.17, 15) is 4.79 Å². The lowest BCUT2D eigenvalue weighted by molar-refractivity contribution is 0.0947. The molecule has 20 heavy (non-hydrogen) atoms. The van der Waals surface area contributed by atoms with E-state index in [0.717, 1.165) is 24.1 Å². The number of rotatable bonds is 6. The van der Waals surface area contributed by atoms with Crippen LogP contribution in [-0.2, 0) is 0 Å². The molecule has 0 saturated heterocycles. The second-order valence-corrected chi connectivity index (χ2v) is 5.52. The number of benzene rings is 1. The molecule has 0 heterocycles. The summed E-state index contributed by atoms with van der Waals surface area (Å²) in [5, 5.41) is 2.96. The smallest absolute Gasteiger partial charge is 0.251 e.